The molecule has 0 aromatic heterocycles. The van der Waals surface area contributed by atoms with Crippen molar-refractivity contribution >= 4 is 21.9 Å². The van der Waals surface area contributed by atoms with Crippen LogP contribution in [0.25, 0.3) is 0 Å². The second kappa shape index (κ2) is 9.71. The van der Waals surface area contributed by atoms with Crippen LogP contribution in [0.3, 0.4) is 0 Å². The molecule has 1 aromatic rings. The largest absolute Gasteiger partial charge is 0.452 e. The maximum atomic E-state index is 13.0. The van der Waals surface area contributed by atoms with E-state index in [1.807, 2.05) is 34.6 Å². The Balaban J connectivity index is 2.12. The summed E-state index contributed by atoms with van der Waals surface area (Å²) in [7, 11) is -3.68. The SMILES string of the molecule is CC(C)N(C(=O)COC(=O)c1cccc(S(=O)(=O)N2CCCC[C@@H]2C)c1)C(C)C. The summed E-state index contributed by atoms with van der Waals surface area (Å²) >= 11 is 0. The number of carbonyl (C=O) groups is 2. The van der Waals surface area contributed by atoms with Crippen LogP contribution in [-0.4, -0.2) is 60.8 Å². The van der Waals surface area contributed by atoms with Crippen molar-refractivity contribution in [3.05, 3.63) is 29.8 Å². The Morgan fingerprint density at radius 1 is 1.17 bits per heavy atom. The molecule has 0 bridgehead atoms. The summed E-state index contributed by atoms with van der Waals surface area (Å²) in [5.74, 6) is -0.996. The number of hydrogen-bond acceptors (Lipinski definition) is 5. The number of amides is 1. The summed E-state index contributed by atoms with van der Waals surface area (Å²) < 4.78 is 32.6. The fourth-order valence-corrected chi connectivity index (χ4v) is 5.55. The van der Waals surface area contributed by atoms with Crippen molar-refractivity contribution in [3.63, 3.8) is 0 Å². The zero-order valence-corrected chi connectivity index (χ0v) is 18.7. The molecule has 1 aromatic carbocycles. The van der Waals surface area contributed by atoms with Gasteiger partial charge in [0.2, 0.25) is 10.0 Å². The smallest absolute Gasteiger partial charge is 0.338 e. The van der Waals surface area contributed by atoms with Crippen LogP contribution >= 0.6 is 0 Å². The highest BCUT2D eigenvalue weighted by molar-refractivity contribution is 7.89. The van der Waals surface area contributed by atoms with E-state index in [1.165, 1.54) is 28.6 Å². The van der Waals surface area contributed by atoms with E-state index in [9.17, 15) is 18.0 Å². The van der Waals surface area contributed by atoms with Crippen molar-refractivity contribution in [2.75, 3.05) is 13.2 Å². The molecule has 0 N–H and O–H groups in total. The van der Waals surface area contributed by atoms with Crippen molar-refractivity contribution in [1.82, 2.24) is 9.21 Å². The van der Waals surface area contributed by atoms with Crippen LogP contribution in [0.4, 0.5) is 0 Å². The molecule has 1 heterocycles. The zero-order chi connectivity index (χ0) is 21.8. The van der Waals surface area contributed by atoms with Crippen molar-refractivity contribution in [2.24, 2.45) is 0 Å². The minimum absolute atomic E-state index is 0.0128. The second-order valence-corrected chi connectivity index (χ2v) is 9.94. The van der Waals surface area contributed by atoms with Gasteiger partial charge in [0.15, 0.2) is 6.61 Å². The van der Waals surface area contributed by atoms with Crippen molar-refractivity contribution in [3.8, 4) is 0 Å². The van der Waals surface area contributed by atoms with Crippen LogP contribution in [-0.2, 0) is 19.6 Å². The van der Waals surface area contributed by atoms with Gasteiger partial charge >= 0.3 is 5.97 Å². The first-order valence-electron chi connectivity index (χ1n) is 10.2. The topological polar surface area (TPSA) is 84.0 Å². The van der Waals surface area contributed by atoms with Gasteiger partial charge in [0.05, 0.1) is 10.5 Å². The molecule has 2 rings (SSSR count). The molecule has 29 heavy (non-hydrogen) atoms. The van der Waals surface area contributed by atoms with Crippen LogP contribution in [0.15, 0.2) is 29.2 Å². The first-order valence-corrected chi connectivity index (χ1v) is 11.6. The minimum atomic E-state index is -3.68. The normalized spacial score (nSPS) is 18.1. The first-order chi connectivity index (χ1) is 13.6. The van der Waals surface area contributed by atoms with Crippen LogP contribution in [0.1, 0.15) is 64.2 Å². The van der Waals surface area contributed by atoms with E-state index < -0.39 is 16.0 Å². The van der Waals surface area contributed by atoms with Gasteiger partial charge < -0.3 is 9.64 Å². The molecule has 1 fully saturated rings. The Morgan fingerprint density at radius 2 is 1.83 bits per heavy atom. The number of hydrogen-bond donors (Lipinski definition) is 0. The van der Waals surface area contributed by atoms with Crippen molar-refractivity contribution in [2.45, 2.75) is 76.9 Å². The van der Waals surface area contributed by atoms with E-state index in [4.69, 9.17) is 4.74 Å². The summed E-state index contributed by atoms with van der Waals surface area (Å²) in [5, 5.41) is 0. The number of piperidine rings is 1. The number of carbonyl (C=O) groups excluding carboxylic acids is 2. The number of sulfonamides is 1. The molecule has 0 radical (unpaired) electrons. The molecule has 1 atom stereocenters. The Labute approximate surface area is 174 Å². The highest BCUT2D eigenvalue weighted by Crippen LogP contribution is 2.25. The fraction of sp³-hybridized carbons (Fsp3) is 0.619. The molecular weight excluding hydrogens is 392 g/mol. The molecule has 8 heteroatoms. The van der Waals surface area contributed by atoms with Gasteiger partial charge in [-0.1, -0.05) is 12.5 Å². The molecule has 162 valence electrons. The molecule has 7 nitrogen and oxygen atoms in total. The Hall–Kier alpha value is -1.93. The number of nitrogens with zero attached hydrogens (tertiary/aromatic N) is 2. The van der Waals surface area contributed by atoms with Gasteiger partial charge in [-0.2, -0.15) is 4.31 Å². The third-order valence-corrected chi connectivity index (χ3v) is 7.16. The first kappa shape index (κ1) is 23.3. The van der Waals surface area contributed by atoms with Crippen LogP contribution in [0.5, 0.6) is 0 Å². The maximum absolute atomic E-state index is 13.0. The number of esters is 1. The second-order valence-electron chi connectivity index (χ2n) is 8.05. The van der Waals surface area contributed by atoms with Crippen LogP contribution in [0, 0.1) is 0 Å². The lowest BCUT2D eigenvalue weighted by molar-refractivity contribution is -0.138. The average Bonchev–Trinajstić information content (AvgIpc) is 2.65. The highest BCUT2D eigenvalue weighted by atomic mass is 32.2. The van der Waals surface area contributed by atoms with Crippen molar-refractivity contribution in [1.29, 1.82) is 0 Å². The van der Waals surface area contributed by atoms with E-state index in [0.717, 1.165) is 19.3 Å². The lowest BCUT2D eigenvalue weighted by Gasteiger charge is -2.32. The van der Waals surface area contributed by atoms with Gasteiger partial charge in [-0.3, -0.25) is 4.79 Å². The summed E-state index contributed by atoms with van der Waals surface area (Å²) in [6.07, 6.45) is 2.66. The Kier molecular flexibility index (Phi) is 7.82. The standard InChI is InChI=1S/C21H32N2O5S/c1-15(2)23(16(3)4)20(24)14-28-21(25)18-10-8-11-19(13-18)29(26,27)22-12-7-6-9-17(22)5/h8,10-11,13,15-17H,6-7,9,12,14H2,1-5H3/t17-/m0/s1. The van der Waals surface area contributed by atoms with E-state index in [2.05, 4.69) is 0 Å². The van der Waals surface area contributed by atoms with Gasteiger partial charge in [0.1, 0.15) is 0 Å². The molecule has 1 aliphatic rings. The van der Waals surface area contributed by atoms with Crippen LogP contribution < -0.4 is 0 Å². The van der Waals surface area contributed by atoms with Gasteiger partial charge in [-0.25, -0.2) is 13.2 Å². The Bertz CT molecular complexity index is 827. The van der Waals surface area contributed by atoms with Gasteiger partial charge in [-0.05, 0) is 65.7 Å². The lowest BCUT2D eigenvalue weighted by Crippen LogP contribution is -2.44. The quantitative estimate of drug-likeness (QED) is 0.628. The van der Waals surface area contributed by atoms with E-state index in [1.54, 1.807) is 4.90 Å². The number of ether oxygens (including phenoxy) is 1. The predicted octanol–water partition coefficient (Wildman–Crippen LogP) is 3.05. The molecule has 0 saturated carbocycles. The Morgan fingerprint density at radius 3 is 2.41 bits per heavy atom. The molecular formula is C21H32N2O5S. The third kappa shape index (κ3) is 5.57. The molecule has 0 spiro atoms. The zero-order valence-electron chi connectivity index (χ0n) is 17.9. The molecule has 0 aliphatic carbocycles. The van der Waals surface area contributed by atoms with E-state index >= 15 is 0 Å². The molecule has 1 aliphatic heterocycles. The lowest BCUT2D eigenvalue weighted by atomic mass is 10.1. The summed E-state index contributed by atoms with van der Waals surface area (Å²) in [5.41, 5.74) is 0.115. The van der Waals surface area contributed by atoms with Crippen LogP contribution in [0.2, 0.25) is 0 Å². The summed E-state index contributed by atoms with van der Waals surface area (Å²) in [6, 6.07) is 5.73. The highest BCUT2D eigenvalue weighted by Gasteiger charge is 2.31. The minimum Gasteiger partial charge on any atom is -0.452 e. The third-order valence-electron chi connectivity index (χ3n) is 5.15. The average molecular weight is 425 g/mol. The van der Waals surface area contributed by atoms with E-state index in [-0.39, 0.29) is 41.1 Å². The predicted molar refractivity (Wildman–Crippen MR) is 111 cm³/mol. The number of rotatable bonds is 7. The van der Waals surface area contributed by atoms with Gasteiger partial charge in [0, 0.05) is 24.7 Å². The monoisotopic (exact) mass is 424 g/mol. The maximum Gasteiger partial charge on any atom is 0.338 e. The summed E-state index contributed by atoms with van der Waals surface area (Å²) in [4.78, 5) is 26.5. The van der Waals surface area contributed by atoms with Gasteiger partial charge in [0.25, 0.3) is 5.91 Å². The molecule has 1 saturated heterocycles. The molecule has 0 unspecified atom stereocenters. The van der Waals surface area contributed by atoms with Crippen molar-refractivity contribution < 1.29 is 22.7 Å². The van der Waals surface area contributed by atoms with E-state index in [0.29, 0.717) is 6.54 Å². The number of benzene rings is 1. The fourth-order valence-electron chi connectivity index (χ4n) is 3.81. The molecule has 1 amide bonds. The summed E-state index contributed by atoms with van der Waals surface area (Å²) in [6.45, 7) is 9.59. The van der Waals surface area contributed by atoms with Gasteiger partial charge in [-0.15, -0.1) is 0 Å².